The molecule has 1 heterocycles. The Morgan fingerprint density at radius 3 is 2.69 bits per heavy atom. The normalized spacial score (nSPS) is 14.3. The summed E-state index contributed by atoms with van der Waals surface area (Å²) in [6.45, 7) is 7.33. The van der Waals surface area contributed by atoms with Gasteiger partial charge in [0.25, 0.3) is 5.91 Å². The number of nitrogens with two attached hydrogens (primary N) is 1. The highest BCUT2D eigenvalue weighted by molar-refractivity contribution is 6.01. The number of hydrogen-bond donors (Lipinski definition) is 2. The third kappa shape index (κ3) is 4.51. The van der Waals surface area contributed by atoms with Crippen molar-refractivity contribution in [3.63, 3.8) is 0 Å². The van der Waals surface area contributed by atoms with Gasteiger partial charge in [-0.25, -0.2) is 9.97 Å². The minimum absolute atomic E-state index is 0.230. The molecular formula is C25H25N5O2. The van der Waals surface area contributed by atoms with Gasteiger partial charge in [0, 0.05) is 17.2 Å². The van der Waals surface area contributed by atoms with Crippen LogP contribution in [0.25, 0.3) is 16.5 Å². The molecule has 0 spiro atoms. The number of aromatic nitrogens is 2. The van der Waals surface area contributed by atoms with Crippen molar-refractivity contribution in [3.05, 3.63) is 72.7 Å². The smallest absolute Gasteiger partial charge is 0.250 e. The van der Waals surface area contributed by atoms with Gasteiger partial charge in [0.2, 0.25) is 0 Å². The van der Waals surface area contributed by atoms with E-state index in [2.05, 4.69) is 28.6 Å². The fourth-order valence-electron chi connectivity index (χ4n) is 3.84. The number of fused-ring (bicyclic) bond motifs is 1. The zero-order valence-electron chi connectivity index (χ0n) is 17.8. The molecule has 1 fully saturated rings. The number of amides is 1. The first-order valence-corrected chi connectivity index (χ1v) is 10.5. The molecular weight excluding hydrogens is 402 g/mol. The summed E-state index contributed by atoms with van der Waals surface area (Å²) >= 11 is 0. The van der Waals surface area contributed by atoms with E-state index in [9.17, 15) is 4.79 Å². The van der Waals surface area contributed by atoms with Crippen molar-refractivity contribution >= 4 is 40.6 Å². The van der Waals surface area contributed by atoms with Gasteiger partial charge in [-0.05, 0) is 62.7 Å². The topological polar surface area (TPSA) is 102 Å². The lowest BCUT2D eigenvalue weighted by atomic mass is 10.1. The maximum atomic E-state index is 11.9. The summed E-state index contributed by atoms with van der Waals surface area (Å²) < 4.78 is 6.18. The van der Waals surface area contributed by atoms with E-state index in [0.29, 0.717) is 34.0 Å². The number of rotatable bonds is 8. The Bertz CT molecular complexity index is 1210. The summed E-state index contributed by atoms with van der Waals surface area (Å²) in [5.41, 5.74) is 7.82. The Morgan fingerprint density at radius 2 is 1.97 bits per heavy atom. The molecule has 0 bridgehead atoms. The highest BCUT2D eigenvalue weighted by Crippen LogP contribution is 2.32. The second-order valence-corrected chi connectivity index (χ2v) is 7.61. The van der Waals surface area contributed by atoms with Crippen LogP contribution in [0.15, 0.2) is 66.3 Å². The molecule has 162 valence electrons. The number of hydrogen-bond acceptors (Lipinski definition) is 6. The van der Waals surface area contributed by atoms with Crippen molar-refractivity contribution in [2.24, 2.45) is 10.7 Å². The number of allylic oxidation sites excluding steroid dienone is 2. The lowest BCUT2D eigenvalue weighted by Gasteiger charge is -2.16. The Morgan fingerprint density at radius 1 is 1.19 bits per heavy atom. The minimum atomic E-state index is -0.528. The van der Waals surface area contributed by atoms with Crippen LogP contribution in [-0.2, 0) is 0 Å². The third-order valence-electron chi connectivity index (χ3n) is 5.43. The van der Waals surface area contributed by atoms with Gasteiger partial charge in [0.1, 0.15) is 11.6 Å². The SMILES string of the molecule is C=C/C(=C\N=C)c1nc(Nc2ccccc2C(N)=O)c2cc(OC3CCCC3)ccc2n1. The van der Waals surface area contributed by atoms with Crippen molar-refractivity contribution in [1.82, 2.24) is 9.97 Å². The van der Waals surface area contributed by atoms with E-state index in [-0.39, 0.29) is 6.10 Å². The number of anilines is 2. The van der Waals surface area contributed by atoms with Crippen LogP contribution in [0.4, 0.5) is 11.5 Å². The van der Waals surface area contributed by atoms with Gasteiger partial charge < -0.3 is 15.8 Å². The first-order valence-electron chi connectivity index (χ1n) is 10.5. The molecule has 1 amide bonds. The lowest BCUT2D eigenvalue weighted by molar-refractivity contribution is 0.100. The molecule has 4 rings (SSSR count). The van der Waals surface area contributed by atoms with E-state index in [1.54, 1.807) is 30.5 Å². The highest BCUT2D eigenvalue weighted by Gasteiger charge is 2.18. The first-order chi connectivity index (χ1) is 15.6. The molecule has 3 aromatic rings. The first kappa shape index (κ1) is 21.2. The Hall–Kier alpha value is -4.00. The second-order valence-electron chi connectivity index (χ2n) is 7.61. The summed E-state index contributed by atoms with van der Waals surface area (Å²) in [5.74, 6) is 1.19. The van der Waals surface area contributed by atoms with Crippen LogP contribution in [0.1, 0.15) is 41.9 Å². The number of ether oxygens (including phenoxy) is 1. The quantitative estimate of drug-likeness (QED) is 0.388. The van der Waals surface area contributed by atoms with Crippen molar-refractivity contribution < 1.29 is 9.53 Å². The van der Waals surface area contributed by atoms with Gasteiger partial charge in [-0.3, -0.25) is 9.79 Å². The van der Waals surface area contributed by atoms with E-state index in [4.69, 9.17) is 15.5 Å². The summed E-state index contributed by atoms with van der Waals surface area (Å²) in [6.07, 6.45) is 7.90. The molecule has 1 saturated carbocycles. The van der Waals surface area contributed by atoms with Crippen LogP contribution in [0.3, 0.4) is 0 Å². The fourth-order valence-corrected chi connectivity index (χ4v) is 3.84. The average molecular weight is 428 g/mol. The standard InChI is InChI=1S/C25H25N5O2/c1-3-16(15-27-2)24-28-22-13-12-18(32-17-8-4-5-9-17)14-20(22)25(30-24)29-21-11-7-6-10-19(21)23(26)31/h3,6-7,10-15,17H,1-2,4-5,8-9H2,(H2,26,31)(H,28,29,30)/b16-15+. The predicted octanol–water partition coefficient (Wildman–Crippen LogP) is 5.02. The van der Waals surface area contributed by atoms with Gasteiger partial charge in [-0.1, -0.05) is 24.8 Å². The Balaban J connectivity index is 1.83. The number of carbonyl (C=O) groups excluding carboxylic acids is 1. The van der Waals surface area contributed by atoms with Crippen molar-refractivity contribution in [1.29, 1.82) is 0 Å². The predicted molar refractivity (Wildman–Crippen MR) is 128 cm³/mol. The van der Waals surface area contributed by atoms with E-state index in [1.807, 2.05) is 24.3 Å². The average Bonchev–Trinajstić information content (AvgIpc) is 3.31. The molecule has 2 aromatic carbocycles. The summed E-state index contributed by atoms with van der Waals surface area (Å²) in [5, 5.41) is 4.03. The van der Waals surface area contributed by atoms with Gasteiger partial charge >= 0.3 is 0 Å². The van der Waals surface area contributed by atoms with Crippen molar-refractivity contribution in [3.8, 4) is 5.75 Å². The van der Waals surface area contributed by atoms with E-state index >= 15 is 0 Å². The molecule has 1 aliphatic rings. The van der Waals surface area contributed by atoms with Crippen LogP contribution in [0, 0.1) is 0 Å². The number of primary amides is 1. The van der Waals surface area contributed by atoms with E-state index in [0.717, 1.165) is 24.0 Å². The molecule has 0 atom stereocenters. The number of aliphatic imine (C=N–C) groups is 1. The molecule has 0 radical (unpaired) electrons. The molecule has 1 aromatic heterocycles. The zero-order valence-corrected chi connectivity index (χ0v) is 17.8. The molecule has 0 saturated heterocycles. The summed E-state index contributed by atoms with van der Waals surface area (Å²) in [4.78, 5) is 25.1. The Kier molecular flexibility index (Phi) is 6.26. The van der Waals surface area contributed by atoms with Crippen LogP contribution in [-0.4, -0.2) is 28.7 Å². The maximum Gasteiger partial charge on any atom is 0.250 e. The van der Waals surface area contributed by atoms with Crippen LogP contribution in [0.5, 0.6) is 5.75 Å². The summed E-state index contributed by atoms with van der Waals surface area (Å²) in [6, 6.07) is 12.8. The lowest BCUT2D eigenvalue weighted by Crippen LogP contribution is -2.13. The van der Waals surface area contributed by atoms with E-state index < -0.39 is 5.91 Å². The van der Waals surface area contributed by atoms with Crippen LogP contribution in [0.2, 0.25) is 0 Å². The molecule has 32 heavy (non-hydrogen) atoms. The largest absolute Gasteiger partial charge is 0.490 e. The van der Waals surface area contributed by atoms with Crippen molar-refractivity contribution in [2.75, 3.05) is 5.32 Å². The molecule has 7 heteroatoms. The monoisotopic (exact) mass is 427 g/mol. The van der Waals surface area contributed by atoms with Gasteiger partial charge in [-0.15, -0.1) is 0 Å². The highest BCUT2D eigenvalue weighted by atomic mass is 16.5. The van der Waals surface area contributed by atoms with Crippen molar-refractivity contribution in [2.45, 2.75) is 31.8 Å². The van der Waals surface area contributed by atoms with E-state index in [1.165, 1.54) is 12.8 Å². The van der Waals surface area contributed by atoms with Crippen LogP contribution >= 0.6 is 0 Å². The molecule has 0 aliphatic heterocycles. The molecule has 0 unspecified atom stereocenters. The molecule has 1 aliphatic carbocycles. The number of para-hydroxylation sites is 1. The fraction of sp³-hybridized carbons (Fsp3) is 0.200. The zero-order chi connectivity index (χ0) is 22.5. The Labute approximate surface area is 186 Å². The van der Waals surface area contributed by atoms with Gasteiger partial charge in [0.05, 0.1) is 22.9 Å². The van der Waals surface area contributed by atoms with Crippen LogP contribution < -0.4 is 15.8 Å². The second kappa shape index (κ2) is 9.43. The van der Waals surface area contributed by atoms with Gasteiger partial charge in [-0.2, -0.15) is 0 Å². The number of nitrogens with one attached hydrogen (secondary N) is 1. The number of nitrogens with zero attached hydrogens (tertiary/aromatic N) is 3. The van der Waals surface area contributed by atoms with Gasteiger partial charge in [0.15, 0.2) is 5.82 Å². The third-order valence-corrected chi connectivity index (χ3v) is 5.43. The minimum Gasteiger partial charge on any atom is -0.490 e. The maximum absolute atomic E-state index is 11.9. The number of benzene rings is 2. The molecule has 7 nitrogen and oxygen atoms in total. The number of carbonyl (C=O) groups is 1. The summed E-state index contributed by atoms with van der Waals surface area (Å²) in [7, 11) is 0. The molecule has 3 N–H and O–H groups in total.